The van der Waals surface area contributed by atoms with Crippen molar-refractivity contribution in [3.05, 3.63) is 0 Å². The fraction of sp³-hybridized carbons (Fsp3) is 0.955. The summed E-state index contributed by atoms with van der Waals surface area (Å²) >= 11 is 0. The Morgan fingerprint density at radius 3 is 1.30 bits per heavy atom. The fourth-order valence-corrected chi connectivity index (χ4v) is 2.98. The lowest BCUT2D eigenvalue weighted by molar-refractivity contribution is -0.137. The first-order valence-corrected chi connectivity index (χ1v) is 11.5. The Balaban J connectivity index is 0. The van der Waals surface area contributed by atoms with E-state index in [1.54, 1.807) is 0 Å². The van der Waals surface area contributed by atoms with Gasteiger partial charge >= 0.3 is 5.97 Å². The van der Waals surface area contributed by atoms with E-state index in [1.165, 1.54) is 83.5 Å². The van der Waals surface area contributed by atoms with Crippen molar-refractivity contribution < 1.29 is 9.90 Å². The lowest BCUT2D eigenvalue weighted by atomic mass is 10.0. The van der Waals surface area contributed by atoms with Crippen LogP contribution in [0.5, 0.6) is 0 Å². The molecule has 0 rings (SSSR count). The number of hydrogen-bond donors (Lipinski definition) is 4. The predicted octanol–water partition coefficient (Wildman–Crippen LogP) is 4.83. The molecule has 0 saturated heterocycles. The smallest absolute Gasteiger partial charge is 0.303 e. The Morgan fingerprint density at radius 2 is 1.00 bits per heavy atom. The number of carboxylic acids is 1. The monoisotopic (exact) mass is 387 g/mol. The Morgan fingerprint density at radius 1 is 0.667 bits per heavy atom. The second-order valence-electron chi connectivity index (χ2n) is 7.42. The van der Waals surface area contributed by atoms with E-state index in [0.29, 0.717) is 19.5 Å². The van der Waals surface area contributed by atoms with Gasteiger partial charge in [-0.1, -0.05) is 96.8 Å². The summed E-state index contributed by atoms with van der Waals surface area (Å²) in [5.74, 6) is -0.653. The molecular weight excluding hydrogens is 338 g/mol. The molecule has 6 N–H and O–H groups in total. The van der Waals surface area contributed by atoms with Gasteiger partial charge in [0, 0.05) is 32.6 Å². The second kappa shape index (κ2) is 27.6. The highest BCUT2D eigenvalue weighted by Gasteiger charge is 1.97. The maximum Gasteiger partial charge on any atom is 0.303 e. The van der Waals surface area contributed by atoms with E-state index in [9.17, 15) is 4.79 Å². The minimum Gasteiger partial charge on any atom is -0.481 e. The van der Waals surface area contributed by atoms with E-state index in [-0.39, 0.29) is 0 Å². The van der Waals surface area contributed by atoms with Gasteiger partial charge < -0.3 is 21.9 Å². The standard InChI is InChI=1S/C18H36O2.C4H13N3/c1-2-3-4-5-6-7-8-9-10-11-12-13-14-15-16-17-18(19)20;5-1-3-7-4-2-6/h2-17H2,1H3,(H,19,20);7H,1-6H2. The fourth-order valence-electron chi connectivity index (χ4n) is 2.98. The van der Waals surface area contributed by atoms with Crippen LogP contribution in [0.15, 0.2) is 0 Å². The summed E-state index contributed by atoms with van der Waals surface area (Å²) < 4.78 is 0. The highest BCUT2D eigenvalue weighted by molar-refractivity contribution is 5.66. The van der Waals surface area contributed by atoms with Crippen LogP contribution in [0.25, 0.3) is 0 Å². The average Bonchev–Trinajstić information content (AvgIpc) is 2.65. The molecule has 0 aliphatic carbocycles. The zero-order valence-corrected chi connectivity index (χ0v) is 18.2. The third kappa shape index (κ3) is 33.4. The number of rotatable bonds is 20. The van der Waals surface area contributed by atoms with Crippen molar-refractivity contribution in [1.29, 1.82) is 0 Å². The summed E-state index contributed by atoms with van der Waals surface area (Å²) in [5.41, 5.74) is 10.3. The van der Waals surface area contributed by atoms with Crippen LogP contribution in [-0.2, 0) is 4.79 Å². The molecule has 0 atom stereocenters. The van der Waals surface area contributed by atoms with E-state index >= 15 is 0 Å². The van der Waals surface area contributed by atoms with Crippen LogP contribution in [0.2, 0.25) is 0 Å². The van der Waals surface area contributed by atoms with Crippen LogP contribution < -0.4 is 16.8 Å². The number of hydrogen-bond acceptors (Lipinski definition) is 4. The molecular formula is C22H49N3O2. The van der Waals surface area contributed by atoms with Gasteiger partial charge in [0.15, 0.2) is 0 Å². The third-order valence-corrected chi connectivity index (χ3v) is 4.64. The highest BCUT2D eigenvalue weighted by atomic mass is 16.4. The summed E-state index contributed by atoms with van der Waals surface area (Å²) in [6.07, 6.45) is 20.2. The van der Waals surface area contributed by atoms with Gasteiger partial charge in [0.1, 0.15) is 0 Å². The van der Waals surface area contributed by atoms with Gasteiger partial charge in [0.2, 0.25) is 0 Å². The molecule has 164 valence electrons. The van der Waals surface area contributed by atoms with Gasteiger partial charge in [-0.3, -0.25) is 4.79 Å². The Kier molecular flexibility index (Phi) is 29.2. The van der Waals surface area contributed by atoms with Gasteiger partial charge in [-0.05, 0) is 6.42 Å². The number of unbranched alkanes of at least 4 members (excludes halogenated alkanes) is 14. The molecule has 27 heavy (non-hydrogen) atoms. The van der Waals surface area contributed by atoms with Crippen LogP contribution in [0.3, 0.4) is 0 Å². The molecule has 0 aromatic heterocycles. The average molecular weight is 388 g/mol. The zero-order valence-electron chi connectivity index (χ0n) is 18.2. The molecule has 5 nitrogen and oxygen atoms in total. The lowest BCUT2D eigenvalue weighted by Gasteiger charge is -2.03. The number of aliphatic carboxylic acids is 1. The van der Waals surface area contributed by atoms with E-state index in [2.05, 4.69) is 12.2 Å². The van der Waals surface area contributed by atoms with Gasteiger partial charge in [0.05, 0.1) is 0 Å². The minimum atomic E-state index is -0.653. The summed E-state index contributed by atoms with van der Waals surface area (Å²) in [6.45, 7) is 5.40. The first-order valence-electron chi connectivity index (χ1n) is 11.5. The second-order valence-corrected chi connectivity index (χ2v) is 7.42. The molecule has 5 heteroatoms. The van der Waals surface area contributed by atoms with Crippen LogP contribution in [-0.4, -0.2) is 37.3 Å². The predicted molar refractivity (Wildman–Crippen MR) is 118 cm³/mol. The summed E-state index contributed by atoms with van der Waals surface area (Å²) in [5, 5.41) is 11.6. The van der Waals surface area contributed by atoms with Gasteiger partial charge in [-0.15, -0.1) is 0 Å². The van der Waals surface area contributed by atoms with Crippen LogP contribution >= 0.6 is 0 Å². The molecule has 0 unspecified atom stereocenters. The molecule has 0 amide bonds. The normalized spacial score (nSPS) is 10.5. The topological polar surface area (TPSA) is 101 Å². The van der Waals surface area contributed by atoms with Crippen molar-refractivity contribution in [2.75, 3.05) is 26.2 Å². The molecule has 0 heterocycles. The van der Waals surface area contributed by atoms with Gasteiger partial charge in [-0.2, -0.15) is 0 Å². The summed E-state index contributed by atoms with van der Waals surface area (Å²) in [6, 6.07) is 0. The molecule has 0 fully saturated rings. The quantitative estimate of drug-likeness (QED) is 0.224. The van der Waals surface area contributed by atoms with Crippen molar-refractivity contribution in [2.45, 2.75) is 110 Å². The molecule has 0 aliphatic heterocycles. The molecule has 0 aromatic carbocycles. The van der Waals surface area contributed by atoms with Crippen molar-refractivity contribution in [2.24, 2.45) is 11.5 Å². The molecule has 0 radical (unpaired) electrons. The van der Waals surface area contributed by atoms with Crippen LogP contribution in [0.4, 0.5) is 0 Å². The molecule has 0 spiro atoms. The molecule has 0 bridgehead atoms. The van der Waals surface area contributed by atoms with Crippen molar-refractivity contribution in [1.82, 2.24) is 5.32 Å². The van der Waals surface area contributed by atoms with E-state index in [1.807, 2.05) is 0 Å². The summed E-state index contributed by atoms with van der Waals surface area (Å²) in [7, 11) is 0. The van der Waals surface area contributed by atoms with Crippen molar-refractivity contribution in [3.8, 4) is 0 Å². The Hall–Kier alpha value is -0.650. The largest absolute Gasteiger partial charge is 0.481 e. The minimum absolute atomic E-state index is 0.345. The van der Waals surface area contributed by atoms with Gasteiger partial charge in [-0.25, -0.2) is 0 Å². The number of nitrogens with two attached hydrogens (primary N) is 2. The maximum absolute atomic E-state index is 10.3. The lowest BCUT2D eigenvalue weighted by Crippen LogP contribution is -2.27. The number of carboxylic acid groups (broad SMARTS) is 1. The number of nitrogens with one attached hydrogen (secondary N) is 1. The summed E-state index contributed by atoms with van der Waals surface area (Å²) in [4.78, 5) is 10.3. The van der Waals surface area contributed by atoms with Crippen LogP contribution in [0.1, 0.15) is 110 Å². The van der Waals surface area contributed by atoms with Crippen molar-refractivity contribution >= 4 is 5.97 Å². The van der Waals surface area contributed by atoms with E-state index in [0.717, 1.165) is 25.9 Å². The maximum atomic E-state index is 10.3. The highest BCUT2D eigenvalue weighted by Crippen LogP contribution is 2.13. The third-order valence-electron chi connectivity index (χ3n) is 4.64. The van der Waals surface area contributed by atoms with Crippen molar-refractivity contribution in [3.63, 3.8) is 0 Å². The van der Waals surface area contributed by atoms with E-state index < -0.39 is 5.97 Å². The van der Waals surface area contributed by atoms with E-state index in [4.69, 9.17) is 16.6 Å². The molecule has 0 saturated carbocycles. The molecule has 0 aliphatic rings. The molecule has 0 aromatic rings. The Labute approximate surface area is 169 Å². The Bertz CT molecular complexity index is 272. The first-order chi connectivity index (χ1) is 13.2. The zero-order chi connectivity index (χ0) is 20.4. The SMILES string of the molecule is CCCCCCCCCCCCCCCCCC(=O)O.NCCNCCN. The first kappa shape index (κ1) is 28.6. The number of carbonyl (C=O) groups is 1. The van der Waals surface area contributed by atoms with Gasteiger partial charge in [0.25, 0.3) is 0 Å². The van der Waals surface area contributed by atoms with Crippen LogP contribution in [0, 0.1) is 0 Å².